The number of nitrogens with zero attached hydrogens (tertiary/aromatic N) is 1. The topological polar surface area (TPSA) is 71.8 Å². The molecule has 0 atom stereocenters. The molecule has 0 spiro atoms. The average molecular weight is 161 g/mol. The van der Waals surface area contributed by atoms with E-state index in [0.29, 0.717) is 11.1 Å². The fourth-order valence-electron chi connectivity index (χ4n) is 1.17. The third-order valence-corrected chi connectivity index (χ3v) is 1.73. The van der Waals surface area contributed by atoms with Crippen LogP contribution in [0.5, 0.6) is 0 Å². The van der Waals surface area contributed by atoms with Crippen molar-refractivity contribution in [3.8, 4) is 0 Å². The standard InChI is InChI=1S/C8H7N3O/c9-6-3-1-2-5-4-10-11-8(12)7(5)6/h1-4H,9H2,(H,11,12). The van der Waals surface area contributed by atoms with Gasteiger partial charge in [0, 0.05) is 11.1 Å². The Morgan fingerprint density at radius 1 is 1.42 bits per heavy atom. The summed E-state index contributed by atoms with van der Waals surface area (Å²) >= 11 is 0. The summed E-state index contributed by atoms with van der Waals surface area (Å²) in [7, 11) is 0. The number of H-pyrrole nitrogens is 1. The number of hydrogen-bond acceptors (Lipinski definition) is 3. The number of nitrogen functional groups attached to an aromatic ring is 1. The van der Waals surface area contributed by atoms with Gasteiger partial charge in [0.25, 0.3) is 5.56 Å². The van der Waals surface area contributed by atoms with E-state index in [2.05, 4.69) is 10.2 Å². The fourth-order valence-corrected chi connectivity index (χ4v) is 1.17. The van der Waals surface area contributed by atoms with Crippen molar-refractivity contribution in [2.75, 3.05) is 5.73 Å². The lowest BCUT2D eigenvalue weighted by Gasteiger charge is -1.97. The Hall–Kier alpha value is -1.84. The molecule has 1 aromatic heterocycles. The Kier molecular flexibility index (Phi) is 1.33. The second kappa shape index (κ2) is 2.34. The first-order valence-corrected chi connectivity index (χ1v) is 3.51. The molecule has 0 unspecified atom stereocenters. The molecule has 4 heteroatoms. The van der Waals surface area contributed by atoms with Gasteiger partial charge in [-0.15, -0.1) is 0 Å². The lowest BCUT2D eigenvalue weighted by molar-refractivity contribution is 1.01. The van der Waals surface area contributed by atoms with E-state index in [1.54, 1.807) is 24.4 Å². The van der Waals surface area contributed by atoms with Crippen molar-refractivity contribution in [1.82, 2.24) is 10.2 Å². The molecule has 3 N–H and O–H groups in total. The molecule has 0 saturated heterocycles. The molecule has 0 amide bonds. The number of aromatic nitrogens is 2. The Bertz CT molecular complexity index is 470. The van der Waals surface area contributed by atoms with Crippen LogP contribution in [0, 0.1) is 0 Å². The molecule has 0 aliphatic carbocycles. The summed E-state index contributed by atoms with van der Waals surface area (Å²) in [6.07, 6.45) is 1.58. The predicted octanol–water partition coefficient (Wildman–Crippen LogP) is 0.505. The second-order valence-electron chi connectivity index (χ2n) is 2.51. The first-order valence-electron chi connectivity index (χ1n) is 3.51. The van der Waals surface area contributed by atoms with Crippen molar-refractivity contribution < 1.29 is 0 Å². The molecule has 2 rings (SSSR count). The quantitative estimate of drug-likeness (QED) is 0.553. The Balaban J connectivity index is 3.07. The van der Waals surface area contributed by atoms with Crippen LogP contribution in [0.25, 0.3) is 10.8 Å². The van der Waals surface area contributed by atoms with Crippen molar-refractivity contribution >= 4 is 16.5 Å². The first kappa shape index (κ1) is 6.84. The highest BCUT2D eigenvalue weighted by Crippen LogP contribution is 2.14. The molecule has 0 saturated carbocycles. The van der Waals surface area contributed by atoms with E-state index in [9.17, 15) is 4.79 Å². The smallest absolute Gasteiger partial charge is 0.274 e. The van der Waals surface area contributed by atoms with Crippen LogP contribution < -0.4 is 11.3 Å². The summed E-state index contributed by atoms with van der Waals surface area (Å²) in [4.78, 5) is 11.2. The first-order chi connectivity index (χ1) is 5.79. The van der Waals surface area contributed by atoms with Gasteiger partial charge in [0.05, 0.1) is 11.6 Å². The van der Waals surface area contributed by atoms with Crippen molar-refractivity contribution in [3.05, 3.63) is 34.7 Å². The molecule has 4 nitrogen and oxygen atoms in total. The normalized spacial score (nSPS) is 10.3. The lowest BCUT2D eigenvalue weighted by atomic mass is 10.2. The summed E-state index contributed by atoms with van der Waals surface area (Å²) in [6, 6.07) is 5.28. The molecule has 1 aromatic carbocycles. The summed E-state index contributed by atoms with van der Waals surface area (Å²) in [5, 5.41) is 7.26. The summed E-state index contributed by atoms with van der Waals surface area (Å²) in [6.45, 7) is 0. The number of hydrogen-bond donors (Lipinski definition) is 2. The molecule has 0 bridgehead atoms. The van der Waals surface area contributed by atoms with Gasteiger partial charge in [-0.3, -0.25) is 4.79 Å². The van der Waals surface area contributed by atoms with E-state index >= 15 is 0 Å². The summed E-state index contributed by atoms with van der Waals surface area (Å²) in [5.41, 5.74) is 5.85. The second-order valence-corrected chi connectivity index (χ2v) is 2.51. The minimum absolute atomic E-state index is 0.245. The molecular weight excluding hydrogens is 154 g/mol. The van der Waals surface area contributed by atoms with Crippen molar-refractivity contribution in [2.45, 2.75) is 0 Å². The van der Waals surface area contributed by atoms with E-state index in [0.717, 1.165) is 5.39 Å². The maximum Gasteiger partial charge on any atom is 0.274 e. The molecule has 1 heterocycles. The number of nitrogens with one attached hydrogen (secondary N) is 1. The van der Waals surface area contributed by atoms with Crippen LogP contribution >= 0.6 is 0 Å². The van der Waals surface area contributed by atoms with Gasteiger partial charge >= 0.3 is 0 Å². The number of rotatable bonds is 0. The van der Waals surface area contributed by atoms with Gasteiger partial charge in [-0.05, 0) is 6.07 Å². The van der Waals surface area contributed by atoms with Gasteiger partial charge in [-0.2, -0.15) is 5.10 Å². The molecule has 12 heavy (non-hydrogen) atoms. The van der Waals surface area contributed by atoms with Gasteiger partial charge < -0.3 is 5.73 Å². The van der Waals surface area contributed by atoms with E-state index in [-0.39, 0.29) is 5.56 Å². The molecule has 60 valence electrons. The molecule has 0 radical (unpaired) electrons. The molecular formula is C8H7N3O. The van der Waals surface area contributed by atoms with Crippen LogP contribution in [0.2, 0.25) is 0 Å². The van der Waals surface area contributed by atoms with Crippen molar-refractivity contribution in [1.29, 1.82) is 0 Å². The monoisotopic (exact) mass is 161 g/mol. The van der Waals surface area contributed by atoms with Gasteiger partial charge in [-0.1, -0.05) is 12.1 Å². The lowest BCUT2D eigenvalue weighted by Crippen LogP contribution is -2.09. The van der Waals surface area contributed by atoms with Crippen molar-refractivity contribution in [2.24, 2.45) is 0 Å². The Morgan fingerprint density at radius 2 is 2.25 bits per heavy atom. The van der Waals surface area contributed by atoms with Gasteiger partial charge in [0.1, 0.15) is 0 Å². The fraction of sp³-hybridized carbons (Fsp3) is 0. The van der Waals surface area contributed by atoms with E-state index < -0.39 is 0 Å². The van der Waals surface area contributed by atoms with Crippen LogP contribution in [0.15, 0.2) is 29.2 Å². The highest BCUT2D eigenvalue weighted by molar-refractivity contribution is 5.91. The number of aromatic amines is 1. The summed E-state index contributed by atoms with van der Waals surface area (Å²) < 4.78 is 0. The molecule has 0 fully saturated rings. The van der Waals surface area contributed by atoms with Crippen LogP contribution in [0.3, 0.4) is 0 Å². The zero-order valence-corrected chi connectivity index (χ0v) is 6.24. The number of nitrogens with two attached hydrogens (primary N) is 1. The SMILES string of the molecule is Nc1cccc2cn[nH]c(=O)c12. The van der Waals surface area contributed by atoms with E-state index in [4.69, 9.17) is 5.73 Å². The third-order valence-electron chi connectivity index (χ3n) is 1.73. The number of benzene rings is 1. The predicted molar refractivity (Wildman–Crippen MR) is 46.8 cm³/mol. The number of anilines is 1. The van der Waals surface area contributed by atoms with Crippen molar-refractivity contribution in [3.63, 3.8) is 0 Å². The molecule has 0 aliphatic heterocycles. The minimum Gasteiger partial charge on any atom is -0.398 e. The van der Waals surface area contributed by atoms with Crippen LogP contribution in [-0.2, 0) is 0 Å². The maximum absolute atomic E-state index is 11.2. The van der Waals surface area contributed by atoms with E-state index in [1.165, 1.54) is 0 Å². The van der Waals surface area contributed by atoms with Gasteiger partial charge in [0.2, 0.25) is 0 Å². The summed E-state index contributed by atoms with van der Waals surface area (Å²) in [5.74, 6) is 0. The van der Waals surface area contributed by atoms with Crippen LogP contribution in [0.4, 0.5) is 5.69 Å². The van der Waals surface area contributed by atoms with Crippen LogP contribution in [0.1, 0.15) is 0 Å². The third kappa shape index (κ3) is 0.852. The highest BCUT2D eigenvalue weighted by atomic mass is 16.1. The number of fused-ring (bicyclic) bond motifs is 1. The van der Waals surface area contributed by atoms with Gasteiger partial charge in [-0.25, -0.2) is 5.10 Å². The highest BCUT2D eigenvalue weighted by Gasteiger charge is 2.00. The largest absolute Gasteiger partial charge is 0.398 e. The van der Waals surface area contributed by atoms with E-state index in [1.807, 2.05) is 0 Å². The maximum atomic E-state index is 11.2. The average Bonchev–Trinajstić information content (AvgIpc) is 2.04. The zero-order chi connectivity index (χ0) is 8.55. The molecule has 0 aliphatic rings. The Labute approximate surface area is 68.0 Å². The minimum atomic E-state index is -0.245. The zero-order valence-electron chi connectivity index (χ0n) is 6.24. The molecule has 2 aromatic rings. The van der Waals surface area contributed by atoms with Crippen LogP contribution in [-0.4, -0.2) is 10.2 Å². The Morgan fingerprint density at radius 3 is 3.00 bits per heavy atom. The van der Waals surface area contributed by atoms with Gasteiger partial charge in [0.15, 0.2) is 0 Å².